The molecule has 2 aromatic rings. The first-order valence-electron chi connectivity index (χ1n) is 5.86. The minimum Gasteiger partial charge on any atom is -0.318 e. The number of hydrogen-bond donors (Lipinski definition) is 1. The van der Waals surface area contributed by atoms with Gasteiger partial charge in [0.05, 0.1) is 5.69 Å². The quantitative estimate of drug-likeness (QED) is 0.933. The Bertz CT molecular complexity index is 715. The van der Waals surface area contributed by atoms with E-state index in [1.54, 1.807) is 13.0 Å². The van der Waals surface area contributed by atoms with Crippen molar-refractivity contribution in [2.45, 2.75) is 13.5 Å². The lowest BCUT2D eigenvalue weighted by Crippen LogP contribution is -2.25. The van der Waals surface area contributed by atoms with Gasteiger partial charge in [0.2, 0.25) is 0 Å². The Labute approximate surface area is 122 Å². The molecule has 0 saturated heterocycles. The highest BCUT2D eigenvalue weighted by Crippen LogP contribution is 2.19. The smallest absolute Gasteiger partial charge is 0.276 e. The van der Waals surface area contributed by atoms with Crippen LogP contribution in [0.1, 0.15) is 17.4 Å². The maximum absolute atomic E-state index is 13.6. The van der Waals surface area contributed by atoms with Gasteiger partial charge in [0.15, 0.2) is 0 Å². The van der Waals surface area contributed by atoms with E-state index in [2.05, 4.69) is 26.3 Å². The summed E-state index contributed by atoms with van der Waals surface area (Å²) in [6.45, 7) is 2.09. The highest BCUT2D eigenvalue weighted by molar-refractivity contribution is 9.10. The number of amides is 1. The van der Waals surface area contributed by atoms with Crippen LogP contribution in [0.25, 0.3) is 0 Å². The van der Waals surface area contributed by atoms with Crippen molar-refractivity contribution in [3.8, 4) is 0 Å². The van der Waals surface area contributed by atoms with Gasteiger partial charge in [-0.1, -0.05) is 15.9 Å². The molecule has 1 aromatic carbocycles. The third kappa shape index (κ3) is 3.11. The zero-order valence-electron chi connectivity index (χ0n) is 10.6. The van der Waals surface area contributed by atoms with Crippen LogP contribution in [0.3, 0.4) is 0 Å². The van der Waals surface area contributed by atoms with Crippen LogP contribution in [0, 0.1) is 5.82 Å². The van der Waals surface area contributed by atoms with Crippen molar-refractivity contribution < 1.29 is 9.18 Å². The summed E-state index contributed by atoms with van der Waals surface area (Å²) in [6, 6.07) is 6.85. The Morgan fingerprint density at radius 1 is 1.40 bits per heavy atom. The summed E-state index contributed by atoms with van der Waals surface area (Å²) in [7, 11) is 0. The summed E-state index contributed by atoms with van der Waals surface area (Å²) in [5.41, 5.74) is -0.193. The van der Waals surface area contributed by atoms with E-state index in [4.69, 9.17) is 0 Å². The molecular formula is C13H11BrFN3O2. The third-order valence-electron chi connectivity index (χ3n) is 2.58. The van der Waals surface area contributed by atoms with Gasteiger partial charge in [0.25, 0.3) is 11.5 Å². The van der Waals surface area contributed by atoms with Crippen LogP contribution in [0.5, 0.6) is 0 Å². The molecule has 0 bridgehead atoms. The van der Waals surface area contributed by atoms with Crippen LogP contribution < -0.4 is 10.9 Å². The molecule has 104 valence electrons. The molecule has 1 N–H and O–H groups in total. The number of nitrogens with zero attached hydrogens (tertiary/aromatic N) is 2. The number of aromatic nitrogens is 2. The summed E-state index contributed by atoms with van der Waals surface area (Å²) in [4.78, 5) is 23.3. The third-order valence-corrected chi connectivity index (χ3v) is 3.07. The molecule has 0 spiro atoms. The average Bonchev–Trinajstić information content (AvgIpc) is 2.42. The number of carbonyl (C=O) groups excluding carboxylic acids is 1. The number of rotatable bonds is 3. The summed E-state index contributed by atoms with van der Waals surface area (Å²) in [5.74, 6) is -1.13. The van der Waals surface area contributed by atoms with Crippen LogP contribution in [0.2, 0.25) is 0 Å². The van der Waals surface area contributed by atoms with Gasteiger partial charge in [-0.2, -0.15) is 5.10 Å². The van der Waals surface area contributed by atoms with Crippen LogP contribution >= 0.6 is 15.9 Å². The molecule has 0 aliphatic rings. The Kier molecular flexibility index (Phi) is 4.29. The topological polar surface area (TPSA) is 64.0 Å². The summed E-state index contributed by atoms with van der Waals surface area (Å²) >= 11 is 3.13. The molecule has 0 saturated carbocycles. The number of anilines is 1. The van der Waals surface area contributed by atoms with Crippen LogP contribution in [0.4, 0.5) is 10.1 Å². The zero-order chi connectivity index (χ0) is 14.7. The molecule has 7 heteroatoms. The molecule has 1 aromatic heterocycles. The van der Waals surface area contributed by atoms with Crippen molar-refractivity contribution in [1.29, 1.82) is 0 Å². The summed E-state index contributed by atoms with van der Waals surface area (Å²) in [6.07, 6.45) is 0. The number of aryl methyl sites for hydroxylation is 1. The van der Waals surface area contributed by atoms with E-state index in [0.29, 0.717) is 11.0 Å². The summed E-state index contributed by atoms with van der Waals surface area (Å²) in [5, 5.41) is 6.31. The fourth-order valence-corrected chi connectivity index (χ4v) is 1.91. The van der Waals surface area contributed by atoms with E-state index >= 15 is 0 Å². The average molecular weight is 340 g/mol. The molecule has 1 amide bonds. The molecule has 0 fully saturated rings. The van der Waals surface area contributed by atoms with E-state index in [-0.39, 0.29) is 16.9 Å². The van der Waals surface area contributed by atoms with Gasteiger partial charge in [-0.05, 0) is 31.2 Å². The normalized spacial score (nSPS) is 10.3. The highest BCUT2D eigenvalue weighted by Gasteiger charge is 2.12. The SMILES string of the molecule is CCn1nc(C(=O)Nc2ccc(Br)cc2F)ccc1=O. The van der Waals surface area contributed by atoms with E-state index in [0.717, 1.165) is 4.68 Å². The van der Waals surface area contributed by atoms with Crippen molar-refractivity contribution in [1.82, 2.24) is 9.78 Å². The molecule has 1 heterocycles. The second kappa shape index (κ2) is 5.96. The number of halogens is 2. The van der Waals surface area contributed by atoms with E-state index < -0.39 is 11.7 Å². The molecule has 5 nitrogen and oxygen atoms in total. The monoisotopic (exact) mass is 339 g/mol. The van der Waals surface area contributed by atoms with Gasteiger partial charge in [-0.15, -0.1) is 0 Å². The maximum Gasteiger partial charge on any atom is 0.276 e. The molecule has 0 aliphatic heterocycles. The van der Waals surface area contributed by atoms with Gasteiger partial charge in [0, 0.05) is 17.1 Å². The molecule has 0 radical (unpaired) electrons. The minimum atomic E-state index is -0.576. The van der Waals surface area contributed by atoms with Crippen molar-refractivity contribution >= 4 is 27.5 Å². The maximum atomic E-state index is 13.6. The van der Waals surface area contributed by atoms with Gasteiger partial charge in [-0.25, -0.2) is 9.07 Å². The van der Waals surface area contributed by atoms with Crippen molar-refractivity contribution in [2.24, 2.45) is 0 Å². The molecule has 2 rings (SSSR count). The van der Waals surface area contributed by atoms with Gasteiger partial charge in [0.1, 0.15) is 11.5 Å². The minimum absolute atomic E-state index is 0.0498. The molecule has 0 aliphatic carbocycles. The van der Waals surface area contributed by atoms with Crippen molar-refractivity contribution in [2.75, 3.05) is 5.32 Å². The second-order valence-electron chi connectivity index (χ2n) is 3.95. The standard InChI is InChI=1S/C13H11BrFN3O2/c1-2-18-12(19)6-5-11(17-18)13(20)16-10-4-3-8(14)7-9(10)15/h3-7H,2H2,1H3,(H,16,20). The Hall–Kier alpha value is -2.02. The van der Waals surface area contributed by atoms with E-state index in [1.165, 1.54) is 24.3 Å². The first kappa shape index (κ1) is 14.4. The van der Waals surface area contributed by atoms with Crippen molar-refractivity contribution in [3.63, 3.8) is 0 Å². The van der Waals surface area contributed by atoms with Crippen LogP contribution in [-0.2, 0) is 6.54 Å². The fourth-order valence-electron chi connectivity index (χ4n) is 1.57. The predicted octanol–water partition coefficient (Wildman–Crippen LogP) is 2.42. The number of carbonyl (C=O) groups is 1. The van der Waals surface area contributed by atoms with Gasteiger partial charge < -0.3 is 5.32 Å². The Balaban J connectivity index is 2.26. The number of nitrogens with one attached hydrogen (secondary N) is 1. The van der Waals surface area contributed by atoms with Gasteiger partial charge in [-0.3, -0.25) is 9.59 Å². The zero-order valence-corrected chi connectivity index (χ0v) is 12.1. The van der Waals surface area contributed by atoms with Crippen molar-refractivity contribution in [3.05, 3.63) is 56.7 Å². The molecule has 0 unspecified atom stereocenters. The fraction of sp³-hybridized carbons (Fsp3) is 0.154. The second-order valence-corrected chi connectivity index (χ2v) is 4.87. The van der Waals surface area contributed by atoms with E-state index in [9.17, 15) is 14.0 Å². The van der Waals surface area contributed by atoms with Crippen LogP contribution in [0.15, 0.2) is 39.6 Å². The van der Waals surface area contributed by atoms with Gasteiger partial charge >= 0.3 is 0 Å². The number of hydrogen-bond acceptors (Lipinski definition) is 3. The molecular weight excluding hydrogens is 329 g/mol. The summed E-state index contributed by atoms with van der Waals surface area (Å²) < 4.78 is 15.4. The van der Waals surface area contributed by atoms with Crippen LogP contribution in [-0.4, -0.2) is 15.7 Å². The lowest BCUT2D eigenvalue weighted by Gasteiger charge is -2.07. The van der Waals surface area contributed by atoms with E-state index in [1.807, 2.05) is 0 Å². The first-order chi connectivity index (χ1) is 9.51. The molecule has 0 atom stereocenters. The Morgan fingerprint density at radius 2 is 2.15 bits per heavy atom. The number of benzene rings is 1. The lowest BCUT2D eigenvalue weighted by molar-refractivity contribution is 0.101. The Morgan fingerprint density at radius 3 is 2.80 bits per heavy atom. The highest BCUT2D eigenvalue weighted by atomic mass is 79.9. The predicted molar refractivity (Wildman–Crippen MR) is 76.2 cm³/mol. The first-order valence-corrected chi connectivity index (χ1v) is 6.65. The molecule has 20 heavy (non-hydrogen) atoms. The largest absolute Gasteiger partial charge is 0.318 e. The lowest BCUT2D eigenvalue weighted by atomic mass is 10.3.